The average molecular weight is 285 g/mol. The molecule has 2 aromatic rings. The highest BCUT2D eigenvalue weighted by molar-refractivity contribution is 5.44. The molecule has 0 heterocycles. The minimum Gasteiger partial charge on any atom is -0.496 e. The number of methoxy groups -OCH3 is 2. The van der Waals surface area contributed by atoms with Crippen molar-refractivity contribution in [2.24, 2.45) is 0 Å². The van der Waals surface area contributed by atoms with Crippen LogP contribution in [0.15, 0.2) is 36.4 Å². The molecular formula is C18H23NO2. The number of hydrogen-bond donors (Lipinski definition) is 1. The molecule has 112 valence electrons. The molecule has 2 aromatic carbocycles. The highest BCUT2D eigenvalue weighted by Gasteiger charge is 2.14. The molecule has 1 unspecified atom stereocenters. The molecule has 0 amide bonds. The van der Waals surface area contributed by atoms with Crippen LogP contribution >= 0.6 is 0 Å². The summed E-state index contributed by atoms with van der Waals surface area (Å²) in [6.07, 6.45) is 0. The van der Waals surface area contributed by atoms with Crippen LogP contribution in [0.3, 0.4) is 0 Å². The lowest BCUT2D eigenvalue weighted by atomic mass is 9.96. The Morgan fingerprint density at radius 2 is 1.43 bits per heavy atom. The van der Waals surface area contributed by atoms with E-state index in [4.69, 9.17) is 9.47 Å². The van der Waals surface area contributed by atoms with Crippen LogP contribution < -0.4 is 14.8 Å². The number of aryl methyl sites for hydroxylation is 2. The van der Waals surface area contributed by atoms with Crippen LogP contribution in [0.5, 0.6) is 11.5 Å². The SMILES string of the molecule is CNC(c1ccc(OC)c(C)c1)c1ccc(C)c(OC)c1. The Morgan fingerprint density at radius 1 is 0.810 bits per heavy atom. The van der Waals surface area contributed by atoms with E-state index in [1.54, 1.807) is 14.2 Å². The van der Waals surface area contributed by atoms with E-state index >= 15 is 0 Å². The monoisotopic (exact) mass is 285 g/mol. The lowest BCUT2D eigenvalue weighted by Crippen LogP contribution is -2.18. The summed E-state index contributed by atoms with van der Waals surface area (Å²) in [6.45, 7) is 4.11. The molecule has 0 saturated carbocycles. The van der Waals surface area contributed by atoms with Crippen molar-refractivity contribution in [2.45, 2.75) is 19.9 Å². The molecule has 1 N–H and O–H groups in total. The van der Waals surface area contributed by atoms with Gasteiger partial charge in [-0.3, -0.25) is 0 Å². The summed E-state index contributed by atoms with van der Waals surface area (Å²) in [5.41, 5.74) is 4.67. The zero-order chi connectivity index (χ0) is 15.4. The van der Waals surface area contributed by atoms with Gasteiger partial charge in [0.2, 0.25) is 0 Å². The standard InChI is InChI=1S/C18H23NO2/c1-12-6-7-15(11-17(12)21-5)18(19-3)14-8-9-16(20-4)13(2)10-14/h6-11,18-19H,1-5H3. The van der Waals surface area contributed by atoms with Gasteiger partial charge in [0.1, 0.15) is 11.5 Å². The first kappa shape index (κ1) is 15.4. The van der Waals surface area contributed by atoms with E-state index in [2.05, 4.69) is 49.5 Å². The van der Waals surface area contributed by atoms with Crippen molar-refractivity contribution in [3.63, 3.8) is 0 Å². The van der Waals surface area contributed by atoms with Crippen LogP contribution in [0, 0.1) is 13.8 Å². The third-order valence-corrected chi connectivity index (χ3v) is 3.81. The topological polar surface area (TPSA) is 30.5 Å². The van der Waals surface area contributed by atoms with Gasteiger partial charge < -0.3 is 14.8 Å². The van der Waals surface area contributed by atoms with Gasteiger partial charge in [0.15, 0.2) is 0 Å². The van der Waals surface area contributed by atoms with Crippen molar-refractivity contribution in [2.75, 3.05) is 21.3 Å². The van der Waals surface area contributed by atoms with Crippen LogP contribution in [0.1, 0.15) is 28.3 Å². The third-order valence-electron chi connectivity index (χ3n) is 3.81. The Kier molecular flexibility index (Phi) is 4.86. The molecule has 21 heavy (non-hydrogen) atoms. The minimum atomic E-state index is 0.129. The molecule has 0 bridgehead atoms. The Morgan fingerprint density at radius 3 is 2.00 bits per heavy atom. The van der Waals surface area contributed by atoms with Crippen molar-refractivity contribution in [1.29, 1.82) is 0 Å². The van der Waals surface area contributed by atoms with Crippen LogP contribution in [-0.2, 0) is 0 Å². The normalized spacial score (nSPS) is 12.0. The Labute approximate surface area is 126 Å². The number of rotatable bonds is 5. The van der Waals surface area contributed by atoms with Crippen molar-refractivity contribution in [1.82, 2.24) is 5.32 Å². The van der Waals surface area contributed by atoms with E-state index in [9.17, 15) is 0 Å². The molecule has 0 radical (unpaired) electrons. The Bertz CT molecular complexity index is 623. The minimum absolute atomic E-state index is 0.129. The first-order valence-electron chi connectivity index (χ1n) is 7.07. The third kappa shape index (κ3) is 3.19. The summed E-state index contributed by atoms with van der Waals surface area (Å²) in [4.78, 5) is 0. The molecule has 0 aromatic heterocycles. The van der Waals surface area contributed by atoms with Crippen molar-refractivity contribution < 1.29 is 9.47 Å². The van der Waals surface area contributed by atoms with Crippen LogP contribution in [0.4, 0.5) is 0 Å². The maximum atomic E-state index is 5.43. The van der Waals surface area contributed by atoms with Crippen LogP contribution in [-0.4, -0.2) is 21.3 Å². The van der Waals surface area contributed by atoms with Crippen molar-refractivity contribution in [3.8, 4) is 11.5 Å². The quantitative estimate of drug-likeness (QED) is 0.910. The van der Waals surface area contributed by atoms with E-state index in [0.717, 1.165) is 22.6 Å². The fourth-order valence-electron chi connectivity index (χ4n) is 2.62. The predicted molar refractivity (Wildman–Crippen MR) is 86.4 cm³/mol. The number of ether oxygens (including phenoxy) is 2. The van der Waals surface area contributed by atoms with Gasteiger partial charge in [0.05, 0.1) is 20.3 Å². The van der Waals surface area contributed by atoms with Crippen molar-refractivity contribution in [3.05, 3.63) is 58.7 Å². The predicted octanol–water partition coefficient (Wildman–Crippen LogP) is 3.63. The highest BCUT2D eigenvalue weighted by atomic mass is 16.5. The molecule has 0 aliphatic carbocycles. The molecule has 0 spiro atoms. The van der Waals surface area contributed by atoms with Crippen LogP contribution in [0.25, 0.3) is 0 Å². The lowest BCUT2D eigenvalue weighted by molar-refractivity contribution is 0.410. The zero-order valence-electron chi connectivity index (χ0n) is 13.4. The van der Waals surface area contributed by atoms with E-state index in [0.29, 0.717) is 0 Å². The smallest absolute Gasteiger partial charge is 0.122 e. The molecule has 1 atom stereocenters. The van der Waals surface area contributed by atoms with E-state index in [-0.39, 0.29) is 6.04 Å². The Balaban J connectivity index is 2.41. The van der Waals surface area contributed by atoms with E-state index in [1.165, 1.54) is 11.1 Å². The van der Waals surface area contributed by atoms with Gasteiger partial charge in [-0.05, 0) is 55.3 Å². The van der Waals surface area contributed by atoms with Crippen LogP contribution in [0.2, 0.25) is 0 Å². The molecule has 0 aliphatic rings. The average Bonchev–Trinajstić information content (AvgIpc) is 2.49. The molecule has 0 aliphatic heterocycles. The maximum absolute atomic E-state index is 5.43. The summed E-state index contributed by atoms with van der Waals surface area (Å²) >= 11 is 0. The fourth-order valence-corrected chi connectivity index (χ4v) is 2.62. The lowest BCUT2D eigenvalue weighted by Gasteiger charge is -2.20. The fraction of sp³-hybridized carbons (Fsp3) is 0.333. The molecular weight excluding hydrogens is 262 g/mol. The van der Waals surface area contributed by atoms with Gasteiger partial charge in [-0.1, -0.05) is 24.3 Å². The molecule has 0 saturated heterocycles. The zero-order valence-corrected chi connectivity index (χ0v) is 13.4. The summed E-state index contributed by atoms with van der Waals surface area (Å²) < 4.78 is 10.8. The second-order valence-electron chi connectivity index (χ2n) is 5.18. The molecule has 3 heteroatoms. The highest BCUT2D eigenvalue weighted by Crippen LogP contribution is 2.29. The van der Waals surface area contributed by atoms with Gasteiger partial charge >= 0.3 is 0 Å². The van der Waals surface area contributed by atoms with Gasteiger partial charge in [-0.15, -0.1) is 0 Å². The Hall–Kier alpha value is -2.00. The van der Waals surface area contributed by atoms with Gasteiger partial charge in [-0.2, -0.15) is 0 Å². The van der Waals surface area contributed by atoms with E-state index < -0.39 is 0 Å². The molecule has 3 nitrogen and oxygen atoms in total. The summed E-state index contributed by atoms with van der Waals surface area (Å²) in [7, 11) is 5.37. The number of hydrogen-bond acceptors (Lipinski definition) is 3. The van der Waals surface area contributed by atoms with E-state index in [1.807, 2.05) is 13.1 Å². The second kappa shape index (κ2) is 6.64. The summed E-state index contributed by atoms with van der Waals surface area (Å²) in [5.74, 6) is 1.83. The van der Waals surface area contributed by atoms with Gasteiger partial charge in [0, 0.05) is 0 Å². The largest absolute Gasteiger partial charge is 0.496 e. The number of nitrogens with one attached hydrogen (secondary N) is 1. The molecule has 0 fully saturated rings. The molecule has 2 rings (SSSR count). The van der Waals surface area contributed by atoms with Crippen molar-refractivity contribution >= 4 is 0 Å². The van der Waals surface area contributed by atoms with Gasteiger partial charge in [-0.25, -0.2) is 0 Å². The first-order chi connectivity index (χ1) is 10.1. The van der Waals surface area contributed by atoms with Gasteiger partial charge in [0.25, 0.3) is 0 Å². The second-order valence-corrected chi connectivity index (χ2v) is 5.18. The maximum Gasteiger partial charge on any atom is 0.122 e. The number of benzene rings is 2. The summed E-state index contributed by atoms with van der Waals surface area (Å²) in [6, 6.07) is 12.7. The summed E-state index contributed by atoms with van der Waals surface area (Å²) in [5, 5.41) is 3.37. The first-order valence-corrected chi connectivity index (χ1v) is 7.07.